The minimum atomic E-state index is -4.22. The number of hydrogen-bond acceptors (Lipinski definition) is 5. The molecule has 248 valence electrons. The van der Waals surface area contributed by atoms with Gasteiger partial charge in [0.1, 0.15) is 18.3 Å². The molecule has 11 heteroatoms. The molecule has 0 bridgehead atoms. The fraction of sp³-hybridized carbons (Fsp3) is 0.278. The summed E-state index contributed by atoms with van der Waals surface area (Å²) in [6, 6.07) is 28.2. The van der Waals surface area contributed by atoms with Gasteiger partial charge in [-0.3, -0.25) is 13.9 Å². The van der Waals surface area contributed by atoms with Crippen LogP contribution in [0.4, 0.5) is 5.69 Å². The first-order chi connectivity index (χ1) is 22.5. The van der Waals surface area contributed by atoms with Crippen molar-refractivity contribution in [1.29, 1.82) is 0 Å². The molecule has 0 saturated carbocycles. The molecule has 0 fully saturated rings. The van der Waals surface area contributed by atoms with Gasteiger partial charge >= 0.3 is 0 Å². The number of carbonyl (C=O) groups is 2. The maximum absolute atomic E-state index is 14.6. The fourth-order valence-corrected chi connectivity index (χ4v) is 6.72. The van der Waals surface area contributed by atoms with Gasteiger partial charge in [0.2, 0.25) is 11.8 Å². The molecule has 4 aromatic carbocycles. The average Bonchev–Trinajstić information content (AvgIpc) is 3.07. The van der Waals surface area contributed by atoms with Crippen molar-refractivity contribution in [2.75, 3.05) is 17.5 Å². The number of benzene rings is 4. The van der Waals surface area contributed by atoms with Crippen molar-refractivity contribution >= 4 is 55.1 Å². The molecule has 0 aliphatic heterocycles. The Labute approximate surface area is 290 Å². The van der Waals surface area contributed by atoms with Crippen molar-refractivity contribution in [3.63, 3.8) is 0 Å². The van der Waals surface area contributed by atoms with Gasteiger partial charge in [0.25, 0.3) is 10.0 Å². The summed E-state index contributed by atoms with van der Waals surface area (Å²) in [5.41, 5.74) is 1.87. The molecule has 2 amide bonds. The van der Waals surface area contributed by atoms with E-state index in [9.17, 15) is 18.0 Å². The quantitative estimate of drug-likeness (QED) is 0.139. The first kappa shape index (κ1) is 36.0. The average molecular weight is 741 g/mol. The Balaban J connectivity index is 1.80. The molecule has 0 saturated heterocycles. The summed E-state index contributed by atoms with van der Waals surface area (Å²) in [6.07, 6.45) is 0.927. The molecule has 2 atom stereocenters. The molecule has 0 radical (unpaired) electrons. The number of sulfonamides is 1. The lowest BCUT2D eigenvalue weighted by Crippen LogP contribution is -2.54. The van der Waals surface area contributed by atoms with Gasteiger partial charge in [-0.2, -0.15) is 0 Å². The Morgan fingerprint density at radius 3 is 2.11 bits per heavy atom. The summed E-state index contributed by atoms with van der Waals surface area (Å²) >= 11 is 9.52. The van der Waals surface area contributed by atoms with Crippen LogP contribution in [0.25, 0.3) is 0 Å². The number of carbonyl (C=O) groups excluding carboxylic acids is 2. The Hall–Kier alpha value is -3.86. The molecular formula is C36H39BrClN3O5S. The third kappa shape index (κ3) is 9.82. The number of halogens is 2. The van der Waals surface area contributed by atoms with Crippen LogP contribution in [0.15, 0.2) is 112 Å². The summed E-state index contributed by atoms with van der Waals surface area (Å²) in [5, 5.41) is 3.57. The van der Waals surface area contributed by atoms with Crippen molar-refractivity contribution < 1.29 is 22.7 Å². The number of anilines is 1. The van der Waals surface area contributed by atoms with Gasteiger partial charge in [-0.15, -0.1) is 0 Å². The zero-order valence-corrected chi connectivity index (χ0v) is 29.8. The normalized spacial score (nSPS) is 12.5. The SMILES string of the molecule is CCOc1ccc(N(CC(=O)N(Cc2ccc(Cl)cc2)[C@H](Cc2ccccc2)C(=O)N[C@@H](C)CC)S(=O)(=O)c2ccc(Br)cc2)cc1. The smallest absolute Gasteiger partial charge is 0.264 e. The number of nitrogens with one attached hydrogen (secondary N) is 1. The first-order valence-corrected chi connectivity index (χ1v) is 18.0. The van der Waals surface area contributed by atoms with Crippen molar-refractivity contribution in [3.05, 3.63) is 124 Å². The van der Waals surface area contributed by atoms with Crippen molar-refractivity contribution in [2.45, 2.75) is 57.1 Å². The van der Waals surface area contributed by atoms with E-state index in [1.54, 1.807) is 60.7 Å². The van der Waals surface area contributed by atoms with Crippen LogP contribution < -0.4 is 14.4 Å². The van der Waals surface area contributed by atoms with E-state index in [2.05, 4.69) is 21.2 Å². The summed E-state index contributed by atoms with van der Waals surface area (Å²) < 4.78 is 35.8. The van der Waals surface area contributed by atoms with Gasteiger partial charge in [0.05, 0.1) is 17.2 Å². The second kappa shape index (κ2) is 16.8. The van der Waals surface area contributed by atoms with Gasteiger partial charge in [0.15, 0.2) is 0 Å². The van der Waals surface area contributed by atoms with Crippen LogP contribution in [0.3, 0.4) is 0 Å². The highest BCUT2D eigenvalue weighted by atomic mass is 79.9. The second-order valence-corrected chi connectivity index (χ2v) is 14.3. The maximum Gasteiger partial charge on any atom is 0.264 e. The third-order valence-electron chi connectivity index (χ3n) is 7.65. The predicted molar refractivity (Wildman–Crippen MR) is 190 cm³/mol. The molecule has 8 nitrogen and oxygen atoms in total. The topological polar surface area (TPSA) is 96.0 Å². The molecule has 1 N–H and O–H groups in total. The van der Waals surface area contributed by atoms with Crippen LogP contribution in [0.1, 0.15) is 38.3 Å². The summed E-state index contributed by atoms with van der Waals surface area (Å²) in [5.74, 6) is -0.304. The van der Waals surface area contributed by atoms with E-state index < -0.39 is 28.5 Å². The molecule has 0 heterocycles. The van der Waals surface area contributed by atoms with Gasteiger partial charge in [0, 0.05) is 28.5 Å². The highest BCUT2D eigenvalue weighted by molar-refractivity contribution is 9.10. The van der Waals surface area contributed by atoms with E-state index in [-0.39, 0.29) is 35.5 Å². The molecular weight excluding hydrogens is 702 g/mol. The Bertz CT molecular complexity index is 1720. The summed E-state index contributed by atoms with van der Waals surface area (Å²) in [7, 11) is -4.22. The van der Waals surface area contributed by atoms with Crippen LogP contribution in [-0.2, 0) is 32.6 Å². The molecule has 0 aliphatic rings. The molecule has 4 aromatic rings. The van der Waals surface area contributed by atoms with Crippen molar-refractivity contribution in [1.82, 2.24) is 10.2 Å². The fourth-order valence-electron chi connectivity index (χ4n) is 4.92. The molecule has 47 heavy (non-hydrogen) atoms. The van der Waals surface area contributed by atoms with Crippen molar-refractivity contribution in [2.24, 2.45) is 0 Å². The number of ether oxygens (including phenoxy) is 1. The Kier molecular flexibility index (Phi) is 12.9. The van der Waals surface area contributed by atoms with Gasteiger partial charge < -0.3 is 15.0 Å². The minimum Gasteiger partial charge on any atom is -0.494 e. The van der Waals surface area contributed by atoms with E-state index in [0.717, 1.165) is 15.4 Å². The summed E-state index contributed by atoms with van der Waals surface area (Å²) in [6.45, 7) is 5.67. The molecule has 0 aromatic heterocycles. The number of rotatable bonds is 15. The standard InChI is InChI=1S/C36H39BrClN3O5S/c1-4-26(3)39-36(43)34(23-27-9-7-6-8-10-27)40(24-28-11-15-30(38)16-12-28)35(42)25-41(31-17-19-32(20-18-31)46-5-2)47(44,45)33-21-13-29(37)14-22-33/h6-22,26,34H,4-5,23-25H2,1-3H3,(H,39,43)/t26-,34+/m0/s1. The number of hydrogen-bond donors (Lipinski definition) is 1. The lowest BCUT2D eigenvalue weighted by molar-refractivity contribution is -0.140. The monoisotopic (exact) mass is 739 g/mol. The van der Waals surface area contributed by atoms with Crippen molar-refractivity contribution in [3.8, 4) is 5.75 Å². The lowest BCUT2D eigenvalue weighted by Gasteiger charge is -2.34. The lowest BCUT2D eigenvalue weighted by atomic mass is 10.0. The maximum atomic E-state index is 14.6. The largest absolute Gasteiger partial charge is 0.494 e. The highest BCUT2D eigenvalue weighted by Crippen LogP contribution is 2.28. The first-order valence-electron chi connectivity index (χ1n) is 15.4. The minimum absolute atomic E-state index is 0.0157. The Morgan fingerprint density at radius 1 is 0.872 bits per heavy atom. The van der Waals surface area contributed by atoms with Crippen LogP contribution in [-0.4, -0.2) is 50.4 Å². The zero-order valence-electron chi connectivity index (χ0n) is 26.6. The van der Waals surface area contributed by atoms with E-state index >= 15 is 0 Å². The van der Waals surface area contributed by atoms with E-state index in [1.807, 2.05) is 51.1 Å². The van der Waals surface area contributed by atoms with E-state index in [0.29, 0.717) is 28.3 Å². The van der Waals surface area contributed by atoms with Crippen LogP contribution in [0.5, 0.6) is 5.75 Å². The second-order valence-electron chi connectivity index (χ2n) is 11.1. The summed E-state index contributed by atoms with van der Waals surface area (Å²) in [4.78, 5) is 30.0. The van der Waals surface area contributed by atoms with Gasteiger partial charge in [-0.25, -0.2) is 8.42 Å². The number of nitrogens with zero attached hydrogens (tertiary/aromatic N) is 2. The number of amides is 2. The molecule has 0 unspecified atom stereocenters. The van der Waals surface area contributed by atoms with Gasteiger partial charge in [-0.1, -0.05) is 76.9 Å². The molecule has 4 rings (SSSR count). The zero-order chi connectivity index (χ0) is 34.0. The van der Waals surface area contributed by atoms with Crippen LogP contribution in [0.2, 0.25) is 5.02 Å². The van der Waals surface area contributed by atoms with Gasteiger partial charge in [-0.05, 0) is 92.1 Å². The highest BCUT2D eigenvalue weighted by Gasteiger charge is 2.35. The Morgan fingerprint density at radius 2 is 1.51 bits per heavy atom. The molecule has 0 spiro atoms. The van der Waals surface area contributed by atoms with Crippen LogP contribution in [0, 0.1) is 0 Å². The predicted octanol–water partition coefficient (Wildman–Crippen LogP) is 7.25. The molecule has 0 aliphatic carbocycles. The van der Waals surface area contributed by atoms with E-state index in [4.69, 9.17) is 16.3 Å². The van der Waals surface area contributed by atoms with E-state index in [1.165, 1.54) is 17.0 Å². The van der Waals surface area contributed by atoms with Crippen LogP contribution >= 0.6 is 27.5 Å². The third-order valence-corrected chi connectivity index (χ3v) is 10.2.